The Bertz CT molecular complexity index is 626. The summed E-state index contributed by atoms with van der Waals surface area (Å²) in [5.41, 5.74) is 7.00. The number of amides is 2. The van der Waals surface area contributed by atoms with E-state index in [9.17, 15) is 9.59 Å². The average Bonchev–Trinajstić information content (AvgIpc) is 2.48. The molecule has 108 valence electrons. The fourth-order valence-electron chi connectivity index (χ4n) is 2.00. The molecule has 0 unspecified atom stereocenters. The maximum atomic E-state index is 11.9. The van der Waals surface area contributed by atoms with Crippen LogP contribution in [0, 0.1) is 0 Å². The zero-order valence-electron chi connectivity index (χ0n) is 11.6. The highest BCUT2D eigenvalue weighted by atomic mass is 16.2. The van der Waals surface area contributed by atoms with Gasteiger partial charge < -0.3 is 11.1 Å². The van der Waals surface area contributed by atoms with E-state index in [1.807, 2.05) is 18.2 Å². The van der Waals surface area contributed by atoms with Crippen LogP contribution in [-0.4, -0.2) is 16.8 Å². The van der Waals surface area contributed by atoms with Gasteiger partial charge in [0.1, 0.15) is 0 Å². The van der Waals surface area contributed by atoms with E-state index in [0.29, 0.717) is 24.1 Å². The predicted molar refractivity (Wildman–Crippen MR) is 80.8 cm³/mol. The van der Waals surface area contributed by atoms with Crippen LogP contribution >= 0.6 is 0 Å². The molecular formula is C16H17N3O2. The summed E-state index contributed by atoms with van der Waals surface area (Å²) >= 11 is 0. The summed E-state index contributed by atoms with van der Waals surface area (Å²) in [5.74, 6) is -0.695. The van der Waals surface area contributed by atoms with Crippen LogP contribution in [0.5, 0.6) is 0 Å². The summed E-state index contributed by atoms with van der Waals surface area (Å²) < 4.78 is 0. The molecule has 1 aromatic heterocycles. The van der Waals surface area contributed by atoms with Gasteiger partial charge in [0.2, 0.25) is 5.91 Å². The minimum absolute atomic E-state index is 0.139. The molecule has 0 saturated heterocycles. The number of carbonyl (C=O) groups is 2. The zero-order chi connectivity index (χ0) is 15.1. The Balaban J connectivity index is 1.86. The van der Waals surface area contributed by atoms with Crippen molar-refractivity contribution in [3.63, 3.8) is 0 Å². The van der Waals surface area contributed by atoms with E-state index in [1.54, 1.807) is 30.5 Å². The van der Waals surface area contributed by atoms with Crippen molar-refractivity contribution in [1.29, 1.82) is 0 Å². The van der Waals surface area contributed by atoms with E-state index in [0.717, 1.165) is 12.1 Å². The second-order valence-electron chi connectivity index (χ2n) is 4.63. The van der Waals surface area contributed by atoms with Crippen LogP contribution < -0.4 is 11.1 Å². The van der Waals surface area contributed by atoms with Crippen LogP contribution in [0.3, 0.4) is 0 Å². The van der Waals surface area contributed by atoms with E-state index in [2.05, 4.69) is 10.3 Å². The maximum absolute atomic E-state index is 11.9. The average molecular weight is 283 g/mol. The molecule has 3 N–H and O–H groups in total. The van der Waals surface area contributed by atoms with Crippen molar-refractivity contribution in [2.24, 2.45) is 5.73 Å². The van der Waals surface area contributed by atoms with E-state index < -0.39 is 5.91 Å². The minimum Gasteiger partial charge on any atom is -0.366 e. The fourth-order valence-corrected chi connectivity index (χ4v) is 2.00. The van der Waals surface area contributed by atoms with E-state index in [4.69, 9.17) is 5.73 Å². The van der Waals surface area contributed by atoms with Crippen molar-refractivity contribution in [2.75, 3.05) is 5.32 Å². The largest absolute Gasteiger partial charge is 0.366 e. The molecule has 5 heteroatoms. The molecular weight excluding hydrogens is 266 g/mol. The number of para-hydroxylation sites is 1. The lowest BCUT2D eigenvalue weighted by molar-refractivity contribution is -0.116. The van der Waals surface area contributed by atoms with E-state index in [1.165, 1.54) is 0 Å². The fraction of sp³-hybridized carbons (Fsp3) is 0.188. The lowest BCUT2D eigenvalue weighted by atomic mass is 10.1. The highest BCUT2D eigenvalue weighted by Gasteiger charge is 2.10. The number of benzene rings is 1. The van der Waals surface area contributed by atoms with Gasteiger partial charge in [-0.3, -0.25) is 14.6 Å². The second-order valence-corrected chi connectivity index (χ2v) is 4.63. The highest BCUT2D eigenvalue weighted by Crippen LogP contribution is 2.15. The third-order valence-corrected chi connectivity index (χ3v) is 3.03. The second kappa shape index (κ2) is 7.19. The normalized spacial score (nSPS) is 10.1. The quantitative estimate of drug-likeness (QED) is 0.851. The van der Waals surface area contributed by atoms with Gasteiger partial charge in [-0.1, -0.05) is 18.2 Å². The van der Waals surface area contributed by atoms with Crippen molar-refractivity contribution in [2.45, 2.75) is 19.3 Å². The molecule has 21 heavy (non-hydrogen) atoms. The summed E-state index contributed by atoms with van der Waals surface area (Å²) in [7, 11) is 0. The molecule has 2 rings (SSSR count). The minimum atomic E-state index is -0.556. The molecule has 0 bridgehead atoms. The van der Waals surface area contributed by atoms with Crippen LogP contribution in [0.25, 0.3) is 0 Å². The van der Waals surface area contributed by atoms with Gasteiger partial charge in [0.05, 0.1) is 11.3 Å². The van der Waals surface area contributed by atoms with Crippen LogP contribution in [0.15, 0.2) is 48.7 Å². The molecule has 0 aliphatic rings. The molecule has 0 aliphatic carbocycles. The first-order valence-electron chi connectivity index (χ1n) is 6.75. The molecule has 5 nitrogen and oxygen atoms in total. The first kappa shape index (κ1) is 14.7. The summed E-state index contributed by atoms with van der Waals surface area (Å²) in [6.07, 6.45) is 3.54. The topological polar surface area (TPSA) is 85.1 Å². The third-order valence-electron chi connectivity index (χ3n) is 3.03. The van der Waals surface area contributed by atoms with Crippen molar-refractivity contribution < 1.29 is 9.59 Å². The molecule has 0 radical (unpaired) electrons. The Morgan fingerprint density at radius 2 is 1.86 bits per heavy atom. The maximum Gasteiger partial charge on any atom is 0.250 e. The SMILES string of the molecule is NC(=O)c1ccccc1NC(=O)CCCc1ccccn1. The molecule has 0 saturated carbocycles. The van der Waals surface area contributed by atoms with Crippen LogP contribution in [0.1, 0.15) is 28.9 Å². The number of anilines is 1. The van der Waals surface area contributed by atoms with Crippen molar-refractivity contribution in [1.82, 2.24) is 4.98 Å². The first-order chi connectivity index (χ1) is 10.2. The van der Waals surface area contributed by atoms with Crippen molar-refractivity contribution in [3.8, 4) is 0 Å². The molecule has 0 fully saturated rings. The Morgan fingerprint density at radius 3 is 2.57 bits per heavy atom. The molecule has 0 spiro atoms. The number of hydrogen-bond donors (Lipinski definition) is 2. The number of aromatic nitrogens is 1. The molecule has 1 aromatic carbocycles. The standard InChI is InChI=1S/C16H17N3O2/c17-16(21)13-8-1-2-9-14(13)19-15(20)10-5-7-12-6-3-4-11-18-12/h1-4,6,8-9,11H,5,7,10H2,(H2,17,21)(H,19,20). The van der Waals surface area contributed by atoms with E-state index in [-0.39, 0.29) is 5.91 Å². The number of rotatable bonds is 6. The number of nitrogens with one attached hydrogen (secondary N) is 1. The summed E-state index contributed by atoms with van der Waals surface area (Å²) in [4.78, 5) is 27.4. The number of carbonyl (C=O) groups excluding carboxylic acids is 2. The Morgan fingerprint density at radius 1 is 1.10 bits per heavy atom. The lowest BCUT2D eigenvalue weighted by Crippen LogP contribution is -2.18. The van der Waals surface area contributed by atoms with Crippen LogP contribution in [-0.2, 0) is 11.2 Å². The molecule has 0 atom stereocenters. The highest BCUT2D eigenvalue weighted by molar-refractivity contribution is 6.02. The van der Waals surface area contributed by atoms with Gasteiger partial charge in [-0.2, -0.15) is 0 Å². The van der Waals surface area contributed by atoms with E-state index >= 15 is 0 Å². The summed E-state index contributed by atoms with van der Waals surface area (Å²) in [5, 5.41) is 2.72. The van der Waals surface area contributed by atoms with Gasteiger partial charge in [-0.25, -0.2) is 0 Å². The molecule has 2 amide bonds. The number of primary amides is 1. The van der Waals surface area contributed by atoms with Gasteiger partial charge in [0, 0.05) is 18.3 Å². The Hall–Kier alpha value is -2.69. The number of aryl methyl sites for hydroxylation is 1. The van der Waals surface area contributed by atoms with Crippen LogP contribution in [0.4, 0.5) is 5.69 Å². The monoisotopic (exact) mass is 283 g/mol. The smallest absolute Gasteiger partial charge is 0.250 e. The van der Waals surface area contributed by atoms with Gasteiger partial charge in [-0.05, 0) is 37.1 Å². The number of nitrogens with zero attached hydrogens (tertiary/aromatic N) is 1. The Labute approximate surface area is 123 Å². The number of nitrogens with two attached hydrogens (primary N) is 1. The Kier molecular flexibility index (Phi) is 5.04. The first-order valence-corrected chi connectivity index (χ1v) is 6.75. The summed E-state index contributed by atoms with van der Waals surface area (Å²) in [6, 6.07) is 12.4. The van der Waals surface area contributed by atoms with Gasteiger partial charge >= 0.3 is 0 Å². The third kappa shape index (κ3) is 4.42. The summed E-state index contributed by atoms with van der Waals surface area (Å²) in [6.45, 7) is 0. The van der Waals surface area contributed by atoms with Crippen molar-refractivity contribution in [3.05, 3.63) is 59.9 Å². The van der Waals surface area contributed by atoms with Gasteiger partial charge in [0.15, 0.2) is 0 Å². The molecule has 1 heterocycles. The van der Waals surface area contributed by atoms with Gasteiger partial charge in [-0.15, -0.1) is 0 Å². The molecule has 0 aliphatic heterocycles. The lowest BCUT2D eigenvalue weighted by Gasteiger charge is -2.08. The zero-order valence-corrected chi connectivity index (χ0v) is 11.6. The van der Waals surface area contributed by atoms with Crippen molar-refractivity contribution >= 4 is 17.5 Å². The number of hydrogen-bond acceptors (Lipinski definition) is 3. The predicted octanol–water partition coefficient (Wildman–Crippen LogP) is 2.14. The van der Waals surface area contributed by atoms with Crippen LogP contribution in [0.2, 0.25) is 0 Å². The number of pyridine rings is 1. The van der Waals surface area contributed by atoms with Gasteiger partial charge in [0.25, 0.3) is 5.91 Å². The molecule has 2 aromatic rings.